The first-order chi connectivity index (χ1) is 13.8. The highest BCUT2D eigenvalue weighted by atomic mass is 16.6. The number of nitro groups is 1. The lowest BCUT2D eigenvalue weighted by Gasteiger charge is -2.28. The van der Waals surface area contributed by atoms with E-state index in [1.165, 1.54) is 6.92 Å². The molecular weight excluding hydrogens is 382 g/mol. The molecule has 2 aromatic rings. The first kappa shape index (κ1) is 19.7. The van der Waals surface area contributed by atoms with Crippen molar-refractivity contribution in [2.45, 2.75) is 19.6 Å². The van der Waals surface area contributed by atoms with Gasteiger partial charge in [-0.1, -0.05) is 30.3 Å². The number of hydrogen-bond acceptors (Lipinski definition) is 7. The van der Waals surface area contributed by atoms with Gasteiger partial charge in [0.1, 0.15) is 12.4 Å². The molecule has 0 aromatic heterocycles. The Kier molecular flexibility index (Phi) is 5.35. The number of ether oxygens (including phenoxy) is 1. The molecule has 10 nitrogen and oxygen atoms in total. The van der Waals surface area contributed by atoms with Crippen molar-refractivity contribution >= 4 is 17.7 Å². The molecule has 4 N–H and O–H groups in total. The Morgan fingerprint density at radius 3 is 2.55 bits per heavy atom. The summed E-state index contributed by atoms with van der Waals surface area (Å²) in [5, 5.41) is 35.9. The van der Waals surface area contributed by atoms with E-state index in [0.29, 0.717) is 0 Å². The highest BCUT2D eigenvalue weighted by molar-refractivity contribution is 5.95. The maximum atomic E-state index is 12.7. The molecule has 0 saturated heterocycles. The number of allylic oxidation sites excluding steroid dienone is 1. The summed E-state index contributed by atoms with van der Waals surface area (Å²) in [5.74, 6) is -2.05. The third-order valence-corrected chi connectivity index (χ3v) is 4.33. The number of nitrogens with one attached hydrogen (secondary N) is 2. The standard InChI is InChI=1S/C19H17N3O7/c1-10-16(18(25)29-9-11-5-3-2-4-6-11)17(21-19(26)20-10)12-7-13(22(27)28)15(24)8-14(12)23/h2-8,17,23-24H,9H2,1H3,(H2,20,21,26). The molecular formula is C19H17N3O7. The van der Waals surface area contributed by atoms with Crippen LogP contribution in [0.25, 0.3) is 0 Å². The fraction of sp³-hybridized carbons (Fsp3) is 0.158. The van der Waals surface area contributed by atoms with Crippen molar-refractivity contribution in [1.29, 1.82) is 0 Å². The molecule has 1 unspecified atom stereocenters. The normalized spacial score (nSPS) is 16.0. The van der Waals surface area contributed by atoms with Crippen LogP contribution in [0.1, 0.15) is 24.1 Å². The Labute approximate surface area is 164 Å². The largest absolute Gasteiger partial charge is 0.507 e. The molecule has 1 heterocycles. The van der Waals surface area contributed by atoms with E-state index < -0.39 is 40.2 Å². The Balaban J connectivity index is 1.97. The van der Waals surface area contributed by atoms with Gasteiger partial charge in [0.25, 0.3) is 0 Å². The van der Waals surface area contributed by atoms with Crippen LogP contribution in [-0.2, 0) is 16.1 Å². The van der Waals surface area contributed by atoms with Gasteiger partial charge in [0.05, 0.1) is 16.5 Å². The van der Waals surface area contributed by atoms with Crippen LogP contribution in [0.2, 0.25) is 0 Å². The van der Waals surface area contributed by atoms with Gasteiger partial charge < -0.3 is 25.6 Å². The number of carbonyl (C=O) groups excluding carboxylic acids is 2. The number of aromatic hydroxyl groups is 2. The number of hydrogen-bond donors (Lipinski definition) is 4. The number of amides is 2. The Morgan fingerprint density at radius 2 is 1.90 bits per heavy atom. The molecule has 0 fully saturated rings. The molecule has 0 bridgehead atoms. The molecule has 1 aliphatic rings. The van der Waals surface area contributed by atoms with Crippen LogP contribution >= 0.6 is 0 Å². The van der Waals surface area contributed by atoms with Gasteiger partial charge in [0, 0.05) is 23.4 Å². The molecule has 1 aliphatic heterocycles. The van der Waals surface area contributed by atoms with Crippen molar-refractivity contribution in [3.63, 3.8) is 0 Å². The van der Waals surface area contributed by atoms with Crippen LogP contribution in [-0.4, -0.2) is 27.1 Å². The van der Waals surface area contributed by atoms with Crippen LogP contribution < -0.4 is 10.6 Å². The SMILES string of the molecule is CC1=C(C(=O)OCc2ccccc2)C(c2cc([N+](=O)[O-])c(O)cc2O)NC(=O)N1. The maximum Gasteiger partial charge on any atom is 0.338 e. The quantitative estimate of drug-likeness (QED) is 0.342. The number of phenolic OH excluding ortho intramolecular Hbond substituents is 2. The monoisotopic (exact) mass is 399 g/mol. The first-order valence-electron chi connectivity index (χ1n) is 8.47. The van der Waals surface area contributed by atoms with Gasteiger partial charge in [-0.2, -0.15) is 0 Å². The smallest absolute Gasteiger partial charge is 0.338 e. The average molecular weight is 399 g/mol. The van der Waals surface area contributed by atoms with E-state index >= 15 is 0 Å². The summed E-state index contributed by atoms with van der Waals surface area (Å²) in [6.45, 7) is 1.44. The van der Waals surface area contributed by atoms with Crippen molar-refractivity contribution in [2.24, 2.45) is 0 Å². The van der Waals surface area contributed by atoms with Gasteiger partial charge in [0.15, 0.2) is 5.75 Å². The van der Waals surface area contributed by atoms with E-state index in [9.17, 15) is 29.9 Å². The number of esters is 1. The molecule has 3 rings (SSSR count). The number of rotatable bonds is 5. The fourth-order valence-electron chi connectivity index (χ4n) is 2.96. The summed E-state index contributed by atoms with van der Waals surface area (Å²) in [6.07, 6.45) is 0. The topological polar surface area (TPSA) is 151 Å². The van der Waals surface area contributed by atoms with Crippen LogP contribution in [0.15, 0.2) is 53.7 Å². The van der Waals surface area contributed by atoms with Gasteiger partial charge in [-0.25, -0.2) is 9.59 Å². The van der Waals surface area contributed by atoms with Gasteiger partial charge in [-0.05, 0) is 12.5 Å². The van der Waals surface area contributed by atoms with E-state index in [1.54, 1.807) is 24.3 Å². The zero-order chi connectivity index (χ0) is 21.1. The minimum absolute atomic E-state index is 0.0289. The van der Waals surface area contributed by atoms with Crippen LogP contribution in [0.3, 0.4) is 0 Å². The third kappa shape index (κ3) is 4.10. The van der Waals surface area contributed by atoms with Crippen LogP contribution in [0.5, 0.6) is 11.5 Å². The molecule has 0 aliphatic carbocycles. The molecule has 1 atom stereocenters. The van der Waals surface area contributed by atoms with E-state index in [0.717, 1.165) is 17.7 Å². The number of nitrogens with zero attached hydrogens (tertiary/aromatic N) is 1. The molecule has 0 saturated carbocycles. The summed E-state index contributed by atoms with van der Waals surface area (Å²) in [4.78, 5) is 35.0. The van der Waals surface area contributed by atoms with Gasteiger partial charge in [-0.3, -0.25) is 10.1 Å². The van der Waals surface area contributed by atoms with Gasteiger partial charge in [-0.15, -0.1) is 0 Å². The number of urea groups is 1. The molecule has 2 amide bonds. The zero-order valence-corrected chi connectivity index (χ0v) is 15.2. The Hall–Kier alpha value is -4.08. The third-order valence-electron chi connectivity index (χ3n) is 4.33. The molecule has 0 spiro atoms. The second-order valence-corrected chi connectivity index (χ2v) is 6.29. The zero-order valence-electron chi connectivity index (χ0n) is 15.2. The first-order valence-corrected chi connectivity index (χ1v) is 8.47. The average Bonchev–Trinajstić information content (AvgIpc) is 2.66. The minimum atomic E-state index is -1.22. The second-order valence-electron chi connectivity index (χ2n) is 6.29. The van der Waals surface area contributed by atoms with Crippen LogP contribution in [0, 0.1) is 10.1 Å². The van der Waals surface area contributed by atoms with Crippen molar-refractivity contribution in [1.82, 2.24) is 10.6 Å². The van der Waals surface area contributed by atoms with Gasteiger partial charge >= 0.3 is 17.7 Å². The fourth-order valence-corrected chi connectivity index (χ4v) is 2.96. The highest BCUT2D eigenvalue weighted by Gasteiger charge is 2.35. The number of carbonyl (C=O) groups is 2. The highest BCUT2D eigenvalue weighted by Crippen LogP contribution is 2.39. The van der Waals surface area contributed by atoms with Crippen molar-refractivity contribution in [3.8, 4) is 11.5 Å². The summed E-state index contributed by atoms with van der Waals surface area (Å²) in [5.41, 5.74) is 0.0740. The molecule has 150 valence electrons. The summed E-state index contributed by atoms with van der Waals surface area (Å²) >= 11 is 0. The predicted molar refractivity (Wildman–Crippen MR) is 99.8 cm³/mol. The van der Waals surface area contributed by atoms with E-state index in [2.05, 4.69) is 10.6 Å². The number of benzene rings is 2. The van der Waals surface area contributed by atoms with Crippen LogP contribution in [0.4, 0.5) is 10.5 Å². The maximum absolute atomic E-state index is 12.7. The van der Waals surface area contributed by atoms with E-state index in [-0.39, 0.29) is 23.4 Å². The summed E-state index contributed by atoms with van der Waals surface area (Å²) < 4.78 is 5.31. The Morgan fingerprint density at radius 1 is 1.21 bits per heavy atom. The predicted octanol–water partition coefficient (Wildman–Crippen LogP) is 2.38. The van der Waals surface area contributed by atoms with Crippen molar-refractivity contribution in [2.75, 3.05) is 0 Å². The molecule has 2 aromatic carbocycles. The lowest BCUT2D eigenvalue weighted by atomic mass is 9.94. The summed E-state index contributed by atoms with van der Waals surface area (Å²) in [6, 6.07) is 8.72. The van der Waals surface area contributed by atoms with Gasteiger partial charge in [0.2, 0.25) is 0 Å². The lowest BCUT2D eigenvalue weighted by Crippen LogP contribution is -2.45. The second kappa shape index (κ2) is 7.89. The molecule has 10 heteroatoms. The van der Waals surface area contributed by atoms with Crippen molar-refractivity contribution < 1.29 is 29.5 Å². The minimum Gasteiger partial charge on any atom is -0.507 e. The lowest BCUT2D eigenvalue weighted by molar-refractivity contribution is -0.386. The van der Waals surface area contributed by atoms with E-state index in [4.69, 9.17) is 4.74 Å². The molecule has 29 heavy (non-hydrogen) atoms. The summed E-state index contributed by atoms with van der Waals surface area (Å²) in [7, 11) is 0. The van der Waals surface area contributed by atoms with E-state index in [1.807, 2.05) is 6.07 Å². The van der Waals surface area contributed by atoms with Crippen molar-refractivity contribution in [3.05, 3.63) is 75.0 Å². The molecule has 0 radical (unpaired) electrons. The number of phenols is 2. The number of nitro benzene ring substituents is 1. The Bertz CT molecular complexity index is 1020.